The summed E-state index contributed by atoms with van der Waals surface area (Å²) in [6.07, 6.45) is 8.75. The van der Waals surface area contributed by atoms with Crippen LogP contribution in [0.5, 0.6) is 0 Å². The Morgan fingerprint density at radius 1 is 1.58 bits per heavy atom. The van der Waals surface area contributed by atoms with Gasteiger partial charge >= 0.3 is 0 Å². The van der Waals surface area contributed by atoms with Gasteiger partial charge in [0.2, 0.25) is 0 Å². The van der Waals surface area contributed by atoms with Crippen LogP contribution in [-0.2, 0) is 0 Å². The van der Waals surface area contributed by atoms with Crippen LogP contribution in [-0.4, -0.2) is 0 Å². The van der Waals surface area contributed by atoms with Gasteiger partial charge in [-0.3, -0.25) is 0 Å². The molecule has 2 unspecified atom stereocenters. The molecule has 0 aromatic heterocycles. The molecule has 0 heterocycles. The van der Waals surface area contributed by atoms with E-state index in [1.54, 1.807) is 0 Å². The zero-order valence-corrected chi connectivity index (χ0v) is 8.40. The summed E-state index contributed by atoms with van der Waals surface area (Å²) < 4.78 is 0. The van der Waals surface area contributed by atoms with Gasteiger partial charge < -0.3 is 0 Å². The molecule has 0 spiro atoms. The maximum Gasteiger partial charge on any atom is -0.0275 e. The highest BCUT2D eigenvalue weighted by Crippen LogP contribution is 2.55. The quantitative estimate of drug-likeness (QED) is 0.426. The zero-order chi connectivity index (χ0) is 9.03. The summed E-state index contributed by atoms with van der Waals surface area (Å²) >= 11 is 0. The van der Waals surface area contributed by atoms with Crippen LogP contribution in [0, 0.1) is 11.3 Å². The van der Waals surface area contributed by atoms with Gasteiger partial charge in [-0.1, -0.05) is 26.8 Å². The molecule has 0 radical (unpaired) electrons. The molecule has 0 amide bonds. The first-order chi connectivity index (χ1) is 5.69. The summed E-state index contributed by atoms with van der Waals surface area (Å²) in [5.41, 5.74) is 3.52. The van der Waals surface area contributed by atoms with E-state index in [1.807, 2.05) is 6.08 Å². The van der Waals surface area contributed by atoms with Gasteiger partial charge in [-0.15, -0.1) is 5.73 Å². The minimum Gasteiger partial charge on any atom is -0.133 e. The molecular weight excluding hydrogens is 144 g/mol. The highest BCUT2D eigenvalue weighted by Gasteiger charge is 2.45. The summed E-state index contributed by atoms with van der Waals surface area (Å²) in [6, 6.07) is 0. The topological polar surface area (TPSA) is 0 Å². The van der Waals surface area contributed by atoms with Gasteiger partial charge in [0, 0.05) is 0 Å². The van der Waals surface area contributed by atoms with Gasteiger partial charge in [0.25, 0.3) is 0 Å². The summed E-state index contributed by atoms with van der Waals surface area (Å²) in [4.78, 5) is 0. The Balaban J connectivity index is 2.00. The van der Waals surface area contributed by atoms with Crippen molar-refractivity contribution in [2.45, 2.75) is 46.0 Å². The van der Waals surface area contributed by atoms with E-state index in [1.165, 1.54) is 25.7 Å². The molecule has 0 aromatic rings. The molecule has 0 saturated heterocycles. The van der Waals surface area contributed by atoms with Gasteiger partial charge in [-0.05, 0) is 43.1 Å². The van der Waals surface area contributed by atoms with Gasteiger partial charge in [-0.2, -0.15) is 0 Å². The molecule has 1 aliphatic rings. The predicted octanol–water partition coefficient (Wildman–Crippen LogP) is 3.93. The molecule has 1 rings (SSSR count). The van der Waals surface area contributed by atoms with Crippen molar-refractivity contribution in [2.24, 2.45) is 11.3 Å². The van der Waals surface area contributed by atoms with E-state index in [0.717, 1.165) is 12.3 Å². The monoisotopic (exact) mass is 164 g/mol. The molecule has 0 aliphatic heterocycles. The predicted molar refractivity (Wildman–Crippen MR) is 54.1 cm³/mol. The standard InChI is InChI=1S/C12H20/c1-4-5-6-7-8-9-12(3)10-11(12)2/h5,11H,1,6-10H2,2-3H3. The number of allylic oxidation sites excluding steroid dienone is 1. The molecule has 0 nitrogen and oxygen atoms in total. The van der Waals surface area contributed by atoms with Crippen LogP contribution in [0.15, 0.2) is 18.4 Å². The average Bonchev–Trinajstić information content (AvgIpc) is 2.60. The maximum atomic E-state index is 3.55. The van der Waals surface area contributed by atoms with Gasteiger partial charge in [0.1, 0.15) is 0 Å². The second-order valence-corrected chi connectivity index (χ2v) is 4.41. The normalized spacial score (nSPS) is 32.7. The lowest BCUT2D eigenvalue weighted by Crippen LogP contribution is -1.95. The van der Waals surface area contributed by atoms with Crippen molar-refractivity contribution in [3.05, 3.63) is 18.4 Å². The van der Waals surface area contributed by atoms with E-state index >= 15 is 0 Å². The number of unbranched alkanes of at least 4 members (excludes halogenated alkanes) is 2. The maximum absolute atomic E-state index is 3.55. The first-order valence-corrected chi connectivity index (χ1v) is 5.03. The smallest absolute Gasteiger partial charge is 0.0275 e. The molecule has 0 aromatic carbocycles. The summed E-state index contributed by atoms with van der Waals surface area (Å²) in [7, 11) is 0. The Morgan fingerprint density at radius 2 is 2.25 bits per heavy atom. The van der Waals surface area contributed by atoms with Crippen molar-refractivity contribution in [3.8, 4) is 0 Å². The highest BCUT2D eigenvalue weighted by molar-refractivity contribution is 4.95. The molecule has 0 N–H and O–H groups in total. The first kappa shape index (κ1) is 9.61. The van der Waals surface area contributed by atoms with E-state index in [0.29, 0.717) is 5.41 Å². The fourth-order valence-corrected chi connectivity index (χ4v) is 1.87. The van der Waals surface area contributed by atoms with Crippen LogP contribution in [0.2, 0.25) is 0 Å². The third kappa shape index (κ3) is 2.53. The van der Waals surface area contributed by atoms with Crippen LogP contribution >= 0.6 is 0 Å². The van der Waals surface area contributed by atoms with Gasteiger partial charge in [0.05, 0.1) is 0 Å². The van der Waals surface area contributed by atoms with Crippen molar-refractivity contribution in [1.29, 1.82) is 0 Å². The first-order valence-electron chi connectivity index (χ1n) is 5.03. The molecule has 1 aliphatic carbocycles. The van der Waals surface area contributed by atoms with Crippen molar-refractivity contribution in [1.82, 2.24) is 0 Å². The summed E-state index contributed by atoms with van der Waals surface area (Å²) in [5, 5.41) is 0. The summed E-state index contributed by atoms with van der Waals surface area (Å²) in [6.45, 7) is 8.33. The van der Waals surface area contributed by atoms with Crippen molar-refractivity contribution >= 4 is 0 Å². The Bertz CT molecular complexity index is 186. The SMILES string of the molecule is C=C=CCCCCC1(C)CC1C. The molecule has 2 atom stereocenters. The van der Waals surface area contributed by atoms with E-state index in [-0.39, 0.29) is 0 Å². The Morgan fingerprint density at radius 3 is 2.75 bits per heavy atom. The van der Waals surface area contributed by atoms with E-state index in [4.69, 9.17) is 0 Å². The number of rotatable bonds is 5. The Hall–Kier alpha value is -0.480. The van der Waals surface area contributed by atoms with Crippen molar-refractivity contribution < 1.29 is 0 Å². The van der Waals surface area contributed by atoms with Crippen molar-refractivity contribution in [3.63, 3.8) is 0 Å². The van der Waals surface area contributed by atoms with Crippen LogP contribution in [0.4, 0.5) is 0 Å². The van der Waals surface area contributed by atoms with Crippen LogP contribution in [0.1, 0.15) is 46.0 Å². The molecule has 12 heavy (non-hydrogen) atoms. The van der Waals surface area contributed by atoms with Crippen LogP contribution in [0.3, 0.4) is 0 Å². The number of hydrogen-bond acceptors (Lipinski definition) is 0. The lowest BCUT2D eigenvalue weighted by Gasteiger charge is -2.07. The molecule has 1 fully saturated rings. The van der Waals surface area contributed by atoms with E-state index in [9.17, 15) is 0 Å². The lowest BCUT2D eigenvalue weighted by atomic mass is 9.98. The molecule has 0 bridgehead atoms. The fraction of sp³-hybridized carbons (Fsp3) is 0.750. The second-order valence-electron chi connectivity index (χ2n) is 4.41. The van der Waals surface area contributed by atoms with E-state index < -0.39 is 0 Å². The third-order valence-electron chi connectivity index (χ3n) is 3.29. The second kappa shape index (κ2) is 3.96. The zero-order valence-electron chi connectivity index (χ0n) is 8.40. The highest BCUT2D eigenvalue weighted by atomic mass is 14.5. The molecule has 1 saturated carbocycles. The average molecular weight is 164 g/mol. The lowest BCUT2D eigenvalue weighted by molar-refractivity contribution is 0.448. The van der Waals surface area contributed by atoms with Crippen LogP contribution in [0.25, 0.3) is 0 Å². The van der Waals surface area contributed by atoms with Crippen LogP contribution < -0.4 is 0 Å². The van der Waals surface area contributed by atoms with E-state index in [2.05, 4.69) is 26.2 Å². The molecule has 68 valence electrons. The Kier molecular flexibility index (Phi) is 3.17. The molecule has 0 heteroatoms. The van der Waals surface area contributed by atoms with Gasteiger partial charge in [-0.25, -0.2) is 0 Å². The largest absolute Gasteiger partial charge is 0.133 e. The van der Waals surface area contributed by atoms with Crippen molar-refractivity contribution in [2.75, 3.05) is 0 Å². The third-order valence-corrected chi connectivity index (χ3v) is 3.29. The fourth-order valence-electron chi connectivity index (χ4n) is 1.87. The minimum atomic E-state index is 0.706. The van der Waals surface area contributed by atoms with Gasteiger partial charge in [0.15, 0.2) is 0 Å². The summed E-state index contributed by atoms with van der Waals surface area (Å²) in [5.74, 6) is 0.979. The number of hydrogen-bond donors (Lipinski definition) is 0. The Labute approximate surface area is 76.4 Å². The molecular formula is C12H20. The minimum absolute atomic E-state index is 0.706.